The molecule has 4 rings (SSSR count). The number of aryl methyl sites for hydroxylation is 1. The van der Waals surface area contributed by atoms with Gasteiger partial charge in [-0.15, -0.1) is 0 Å². The maximum absolute atomic E-state index is 12.9. The first kappa shape index (κ1) is 19.8. The van der Waals surface area contributed by atoms with Crippen molar-refractivity contribution in [1.29, 1.82) is 0 Å². The van der Waals surface area contributed by atoms with Crippen molar-refractivity contribution in [2.45, 2.75) is 30.2 Å². The molecule has 1 aromatic heterocycles. The highest BCUT2D eigenvalue weighted by molar-refractivity contribution is 7.98. The molecule has 1 amide bonds. The third-order valence-corrected chi connectivity index (χ3v) is 6.74. The van der Waals surface area contributed by atoms with Crippen LogP contribution in [0.5, 0.6) is 0 Å². The number of carbonyl (C=O) groups is 1. The predicted molar refractivity (Wildman–Crippen MR) is 118 cm³/mol. The smallest absolute Gasteiger partial charge is 0.253 e. The molecule has 5 heteroatoms. The SMILES string of the molecule is Cn1ccnc1SCc1ccc(C(=O)N2CCC(Cc3ccccc3)CC2)cc1. The van der Waals surface area contributed by atoms with E-state index in [2.05, 4.69) is 47.4 Å². The van der Waals surface area contributed by atoms with Crippen LogP contribution in [0, 0.1) is 5.92 Å². The Labute approximate surface area is 177 Å². The van der Waals surface area contributed by atoms with Crippen LogP contribution < -0.4 is 0 Å². The Kier molecular flexibility index (Phi) is 6.35. The van der Waals surface area contributed by atoms with Crippen LogP contribution in [0.2, 0.25) is 0 Å². The third kappa shape index (κ3) is 5.10. The molecule has 0 aliphatic carbocycles. The van der Waals surface area contributed by atoms with Crippen LogP contribution in [0.1, 0.15) is 34.3 Å². The number of aromatic nitrogens is 2. The largest absolute Gasteiger partial charge is 0.339 e. The number of carbonyl (C=O) groups excluding carboxylic acids is 1. The Morgan fingerprint density at radius 3 is 2.41 bits per heavy atom. The number of imidazole rings is 1. The Balaban J connectivity index is 1.28. The summed E-state index contributed by atoms with van der Waals surface area (Å²) in [4.78, 5) is 19.2. The first-order chi connectivity index (χ1) is 14.2. The molecule has 2 heterocycles. The van der Waals surface area contributed by atoms with Crippen molar-refractivity contribution in [3.05, 3.63) is 83.7 Å². The molecule has 2 aromatic carbocycles. The minimum absolute atomic E-state index is 0.159. The minimum Gasteiger partial charge on any atom is -0.339 e. The summed E-state index contributed by atoms with van der Waals surface area (Å²) in [6, 6.07) is 18.7. The zero-order chi connectivity index (χ0) is 20.1. The van der Waals surface area contributed by atoms with Crippen LogP contribution in [0.25, 0.3) is 0 Å². The number of hydrogen-bond acceptors (Lipinski definition) is 3. The van der Waals surface area contributed by atoms with Crippen LogP contribution >= 0.6 is 11.8 Å². The molecule has 150 valence electrons. The van der Waals surface area contributed by atoms with Gasteiger partial charge in [0.2, 0.25) is 0 Å². The van der Waals surface area contributed by atoms with Gasteiger partial charge < -0.3 is 9.47 Å². The molecule has 0 spiro atoms. The van der Waals surface area contributed by atoms with Gasteiger partial charge in [0.25, 0.3) is 5.91 Å². The van der Waals surface area contributed by atoms with Crippen molar-refractivity contribution < 1.29 is 4.79 Å². The van der Waals surface area contributed by atoms with Gasteiger partial charge in [-0.2, -0.15) is 0 Å². The molecule has 0 saturated carbocycles. The lowest BCUT2D eigenvalue weighted by atomic mass is 9.90. The number of likely N-dealkylation sites (tertiary alicyclic amines) is 1. The molecule has 4 nitrogen and oxygen atoms in total. The molecular weight excluding hydrogens is 378 g/mol. The average Bonchev–Trinajstić information content (AvgIpc) is 3.18. The van der Waals surface area contributed by atoms with Crippen LogP contribution in [-0.2, 0) is 19.2 Å². The molecule has 3 aromatic rings. The molecule has 0 radical (unpaired) electrons. The highest BCUT2D eigenvalue weighted by atomic mass is 32.2. The second-order valence-corrected chi connectivity index (χ2v) is 8.67. The van der Waals surface area contributed by atoms with E-state index in [0.29, 0.717) is 5.92 Å². The second-order valence-electron chi connectivity index (χ2n) is 7.73. The van der Waals surface area contributed by atoms with Crippen LogP contribution in [0.4, 0.5) is 0 Å². The maximum Gasteiger partial charge on any atom is 0.253 e. The first-order valence-electron chi connectivity index (χ1n) is 10.2. The number of benzene rings is 2. The van der Waals surface area contributed by atoms with E-state index in [9.17, 15) is 4.79 Å². The van der Waals surface area contributed by atoms with Gasteiger partial charge in [0, 0.05) is 43.8 Å². The van der Waals surface area contributed by atoms with E-state index in [1.165, 1.54) is 11.1 Å². The summed E-state index contributed by atoms with van der Waals surface area (Å²) in [5.41, 5.74) is 3.39. The molecule has 1 aliphatic rings. The summed E-state index contributed by atoms with van der Waals surface area (Å²) < 4.78 is 2.02. The summed E-state index contributed by atoms with van der Waals surface area (Å²) in [5.74, 6) is 1.68. The number of nitrogens with zero attached hydrogens (tertiary/aromatic N) is 3. The van der Waals surface area contributed by atoms with E-state index in [1.54, 1.807) is 11.8 Å². The Morgan fingerprint density at radius 2 is 1.76 bits per heavy atom. The molecule has 1 saturated heterocycles. The molecule has 0 unspecified atom stereocenters. The summed E-state index contributed by atoms with van der Waals surface area (Å²) in [5, 5.41) is 1.00. The second kappa shape index (κ2) is 9.31. The lowest BCUT2D eigenvalue weighted by molar-refractivity contribution is 0.0690. The van der Waals surface area contributed by atoms with Crippen LogP contribution in [0.15, 0.2) is 72.1 Å². The van der Waals surface area contributed by atoms with Crippen molar-refractivity contribution in [1.82, 2.24) is 14.5 Å². The van der Waals surface area contributed by atoms with Crippen molar-refractivity contribution in [2.24, 2.45) is 13.0 Å². The Morgan fingerprint density at radius 1 is 1.03 bits per heavy atom. The Bertz CT molecular complexity index is 928. The summed E-state index contributed by atoms with van der Waals surface area (Å²) in [7, 11) is 2.00. The fourth-order valence-electron chi connectivity index (χ4n) is 3.85. The number of rotatable bonds is 6. The van der Waals surface area contributed by atoms with E-state index >= 15 is 0 Å². The number of hydrogen-bond donors (Lipinski definition) is 0. The fourth-order valence-corrected chi connectivity index (χ4v) is 4.74. The van der Waals surface area contributed by atoms with Crippen LogP contribution in [0.3, 0.4) is 0 Å². The summed E-state index contributed by atoms with van der Waals surface area (Å²) >= 11 is 1.71. The zero-order valence-electron chi connectivity index (χ0n) is 16.8. The van der Waals surface area contributed by atoms with Gasteiger partial charge in [-0.1, -0.05) is 54.2 Å². The third-order valence-electron chi connectivity index (χ3n) is 5.61. The number of amides is 1. The monoisotopic (exact) mass is 405 g/mol. The molecule has 1 fully saturated rings. The van der Waals surface area contributed by atoms with Crippen molar-refractivity contribution in [3.8, 4) is 0 Å². The number of piperidine rings is 1. The van der Waals surface area contributed by atoms with E-state index in [-0.39, 0.29) is 5.91 Å². The molecular formula is C24H27N3OS. The van der Waals surface area contributed by atoms with Gasteiger partial charge in [-0.25, -0.2) is 4.98 Å². The summed E-state index contributed by atoms with van der Waals surface area (Å²) in [6.07, 6.45) is 7.05. The summed E-state index contributed by atoms with van der Waals surface area (Å²) in [6.45, 7) is 1.71. The van der Waals surface area contributed by atoms with Gasteiger partial charge in [0.15, 0.2) is 5.16 Å². The van der Waals surface area contributed by atoms with Crippen molar-refractivity contribution in [3.63, 3.8) is 0 Å². The average molecular weight is 406 g/mol. The van der Waals surface area contributed by atoms with Gasteiger partial charge in [-0.3, -0.25) is 4.79 Å². The lowest BCUT2D eigenvalue weighted by Gasteiger charge is -2.32. The highest BCUT2D eigenvalue weighted by Gasteiger charge is 2.23. The highest BCUT2D eigenvalue weighted by Crippen LogP contribution is 2.24. The number of thioether (sulfide) groups is 1. The van der Waals surface area contributed by atoms with E-state index < -0.39 is 0 Å². The van der Waals surface area contributed by atoms with Crippen molar-refractivity contribution in [2.75, 3.05) is 13.1 Å². The van der Waals surface area contributed by atoms with E-state index in [1.807, 2.05) is 41.0 Å². The molecule has 0 atom stereocenters. The van der Waals surface area contributed by atoms with Crippen molar-refractivity contribution >= 4 is 17.7 Å². The molecule has 1 aliphatic heterocycles. The minimum atomic E-state index is 0.159. The maximum atomic E-state index is 12.9. The van der Waals surface area contributed by atoms with Gasteiger partial charge in [-0.05, 0) is 48.4 Å². The van der Waals surface area contributed by atoms with Gasteiger partial charge >= 0.3 is 0 Å². The predicted octanol–water partition coefficient (Wildman–Crippen LogP) is 4.81. The van der Waals surface area contributed by atoms with E-state index in [4.69, 9.17) is 0 Å². The molecule has 29 heavy (non-hydrogen) atoms. The molecule has 0 N–H and O–H groups in total. The first-order valence-corrected chi connectivity index (χ1v) is 11.2. The standard InChI is InChI=1S/C24H27N3OS/c1-26-16-13-25-24(26)29-18-21-7-9-22(10-8-21)23(28)27-14-11-20(12-15-27)17-19-5-3-2-4-6-19/h2-10,13,16,20H,11-12,14-15,17-18H2,1H3. The molecule has 0 bridgehead atoms. The van der Waals surface area contributed by atoms with Crippen LogP contribution in [-0.4, -0.2) is 33.4 Å². The normalized spacial score (nSPS) is 14.9. The van der Waals surface area contributed by atoms with E-state index in [0.717, 1.165) is 48.8 Å². The zero-order valence-corrected chi connectivity index (χ0v) is 17.6. The van der Waals surface area contributed by atoms with Gasteiger partial charge in [0.05, 0.1) is 0 Å². The Hall–Kier alpha value is -2.53. The topological polar surface area (TPSA) is 38.1 Å². The quantitative estimate of drug-likeness (QED) is 0.553. The fraction of sp³-hybridized carbons (Fsp3) is 0.333. The lowest BCUT2D eigenvalue weighted by Crippen LogP contribution is -2.38. The van der Waals surface area contributed by atoms with Gasteiger partial charge in [0.1, 0.15) is 0 Å².